The van der Waals surface area contributed by atoms with E-state index in [2.05, 4.69) is 5.32 Å². The van der Waals surface area contributed by atoms with Crippen LogP contribution >= 0.6 is 0 Å². The summed E-state index contributed by atoms with van der Waals surface area (Å²) in [5.41, 5.74) is 0.725. The lowest BCUT2D eigenvalue weighted by molar-refractivity contribution is -0.385. The van der Waals surface area contributed by atoms with Crippen molar-refractivity contribution >= 4 is 11.4 Å². The highest BCUT2D eigenvalue weighted by Gasteiger charge is 2.17. The first-order valence-corrected chi connectivity index (χ1v) is 6.55. The summed E-state index contributed by atoms with van der Waals surface area (Å²) in [6.07, 6.45) is -0.00511. The molecule has 0 spiro atoms. The Labute approximate surface area is 117 Å². The molecule has 7 nitrogen and oxygen atoms in total. The monoisotopic (exact) mass is 282 g/mol. The number of anilines is 1. The van der Waals surface area contributed by atoms with E-state index in [0.29, 0.717) is 33.0 Å². The Morgan fingerprint density at radius 3 is 3.00 bits per heavy atom. The van der Waals surface area contributed by atoms with Gasteiger partial charge in [0, 0.05) is 24.4 Å². The molecule has 20 heavy (non-hydrogen) atoms. The molecule has 0 aliphatic carbocycles. The number of nitro benzene ring substituents is 1. The second-order valence-electron chi connectivity index (χ2n) is 4.32. The second kappa shape index (κ2) is 7.06. The van der Waals surface area contributed by atoms with E-state index in [4.69, 9.17) is 14.2 Å². The van der Waals surface area contributed by atoms with Crippen LogP contribution in [0.3, 0.4) is 0 Å². The Bertz CT molecular complexity index is 460. The molecule has 1 heterocycles. The predicted molar refractivity (Wildman–Crippen MR) is 73.3 cm³/mol. The van der Waals surface area contributed by atoms with Crippen LogP contribution in [-0.2, 0) is 9.47 Å². The number of ether oxygens (including phenoxy) is 3. The normalized spacial score (nSPS) is 18.6. The van der Waals surface area contributed by atoms with Crippen molar-refractivity contribution in [3.05, 3.63) is 28.3 Å². The van der Waals surface area contributed by atoms with Crippen molar-refractivity contribution in [2.75, 3.05) is 38.3 Å². The molecule has 1 atom stereocenters. The average molecular weight is 282 g/mol. The molecule has 1 N–H and O–H groups in total. The first-order valence-electron chi connectivity index (χ1n) is 6.55. The maximum Gasteiger partial charge on any atom is 0.311 e. The Hall–Kier alpha value is -1.86. The summed E-state index contributed by atoms with van der Waals surface area (Å²) in [6, 6.07) is 4.72. The molecule has 0 bridgehead atoms. The summed E-state index contributed by atoms with van der Waals surface area (Å²) in [5.74, 6) is 0.267. The Morgan fingerprint density at radius 1 is 1.50 bits per heavy atom. The van der Waals surface area contributed by atoms with Crippen molar-refractivity contribution in [2.24, 2.45) is 0 Å². The SMILES string of the molecule is CCOc1cc(NCC2COCCO2)ccc1[N+](=O)[O-]. The van der Waals surface area contributed by atoms with Crippen LogP contribution in [0, 0.1) is 10.1 Å². The van der Waals surface area contributed by atoms with Gasteiger partial charge < -0.3 is 19.5 Å². The Balaban J connectivity index is 2.00. The minimum Gasteiger partial charge on any atom is -0.487 e. The van der Waals surface area contributed by atoms with E-state index in [0.717, 1.165) is 5.69 Å². The first-order chi connectivity index (χ1) is 9.70. The molecule has 110 valence electrons. The Kier molecular flexibility index (Phi) is 5.14. The highest BCUT2D eigenvalue weighted by Crippen LogP contribution is 2.30. The summed E-state index contributed by atoms with van der Waals surface area (Å²) in [4.78, 5) is 10.4. The fraction of sp³-hybridized carbons (Fsp3) is 0.538. The van der Waals surface area contributed by atoms with Crippen LogP contribution < -0.4 is 10.1 Å². The number of hydrogen-bond donors (Lipinski definition) is 1. The molecule has 0 amide bonds. The standard InChI is InChI=1S/C13H18N2O5/c1-2-19-13-7-10(3-4-12(13)15(16)17)14-8-11-9-18-5-6-20-11/h3-4,7,11,14H,2,5-6,8-9H2,1H3. The smallest absolute Gasteiger partial charge is 0.311 e. The van der Waals surface area contributed by atoms with E-state index >= 15 is 0 Å². The first kappa shape index (κ1) is 14.5. The third-order valence-electron chi connectivity index (χ3n) is 2.88. The molecular weight excluding hydrogens is 264 g/mol. The maximum absolute atomic E-state index is 10.9. The highest BCUT2D eigenvalue weighted by molar-refractivity contribution is 5.58. The fourth-order valence-electron chi connectivity index (χ4n) is 1.93. The van der Waals surface area contributed by atoms with Gasteiger partial charge in [-0.1, -0.05) is 0 Å². The minimum atomic E-state index is -0.452. The van der Waals surface area contributed by atoms with Gasteiger partial charge in [-0.05, 0) is 13.0 Å². The summed E-state index contributed by atoms with van der Waals surface area (Å²) in [6.45, 7) is 4.53. The molecule has 7 heteroatoms. The van der Waals surface area contributed by atoms with E-state index in [1.54, 1.807) is 19.1 Å². The van der Waals surface area contributed by atoms with Crippen LogP contribution in [0.1, 0.15) is 6.92 Å². The van der Waals surface area contributed by atoms with Crippen molar-refractivity contribution in [1.82, 2.24) is 0 Å². The zero-order valence-corrected chi connectivity index (χ0v) is 11.3. The number of nitrogens with one attached hydrogen (secondary N) is 1. The molecule has 1 aromatic rings. The van der Waals surface area contributed by atoms with Crippen LogP contribution in [0.5, 0.6) is 5.75 Å². The zero-order chi connectivity index (χ0) is 14.4. The van der Waals surface area contributed by atoms with Gasteiger partial charge in [-0.25, -0.2) is 0 Å². The molecular formula is C13H18N2O5. The lowest BCUT2D eigenvalue weighted by Gasteiger charge is -2.23. The van der Waals surface area contributed by atoms with Crippen molar-refractivity contribution in [3.63, 3.8) is 0 Å². The number of benzene rings is 1. The second-order valence-corrected chi connectivity index (χ2v) is 4.32. The summed E-state index contributed by atoms with van der Waals surface area (Å²) >= 11 is 0. The van der Waals surface area contributed by atoms with E-state index in [1.807, 2.05) is 0 Å². The third kappa shape index (κ3) is 3.82. The van der Waals surface area contributed by atoms with Gasteiger partial charge in [0.25, 0.3) is 0 Å². The number of hydrogen-bond acceptors (Lipinski definition) is 6. The van der Waals surface area contributed by atoms with Gasteiger partial charge in [0.1, 0.15) is 0 Å². The van der Waals surface area contributed by atoms with E-state index in [-0.39, 0.29) is 17.5 Å². The fourth-order valence-corrected chi connectivity index (χ4v) is 1.93. The molecule has 1 unspecified atom stereocenters. The van der Waals surface area contributed by atoms with Gasteiger partial charge in [0.2, 0.25) is 0 Å². The molecule has 1 fully saturated rings. The van der Waals surface area contributed by atoms with Gasteiger partial charge in [0.05, 0.1) is 37.5 Å². The van der Waals surface area contributed by atoms with Crippen molar-refractivity contribution in [1.29, 1.82) is 0 Å². The van der Waals surface area contributed by atoms with Gasteiger partial charge in [0.15, 0.2) is 5.75 Å². The van der Waals surface area contributed by atoms with Crippen LogP contribution in [-0.4, -0.2) is 44.0 Å². The van der Waals surface area contributed by atoms with E-state index in [9.17, 15) is 10.1 Å². The molecule has 0 radical (unpaired) electrons. The largest absolute Gasteiger partial charge is 0.487 e. The quantitative estimate of drug-likeness (QED) is 0.633. The zero-order valence-electron chi connectivity index (χ0n) is 11.3. The van der Waals surface area contributed by atoms with Crippen molar-refractivity contribution in [3.8, 4) is 5.75 Å². The van der Waals surface area contributed by atoms with Crippen LogP contribution in [0.15, 0.2) is 18.2 Å². The lowest BCUT2D eigenvalue weighted by Crippen LogP contribution is -2.34. The molecule has 1 aliphatic heterocycles. The molecule has 1 saturated heterocycles. The van der Waals surface area contributed by atoms with Gasteiger partial charge in [-0.3, -0.25) is 10.1 Å². The number of rotatable bonds is 6. The van der Waals surface area contributed by atoms with E-state index < -0.39 is 4.92 Å². The maximum atomic E-state index is 10.9. The van der Waals surface area contributed by atoms with Crippen LogP contribution in [0.4, 0.5) is 11.4 Å². The minimum absolute atomic E-state index is 0.00511. The highest BCUT2D eigenvalue weighted by atomic mass is 16.6. The topological polar surface area (TPSA) is 82.9 Å². The lowest BCUT2D eigenvalue weighted by atomic mass is 10.2. The summed E-state index contributed by atoms with van der Waals surface area (Å²) in [5, 5.41) is 14.1. The molecule has 1 aromatic carbocycles. The molecule has 1 aliphatic rings. The molecule has 2 rings (SSSR count). The van der Waals surface area contributed by atoms with Crippen molar-refractivity contribution in [2.45, 2.75) is 13.0 Å². The number of nitro groups is 1. The third-order valence-corrected chi connectivity index (χ3v) is 2.88. The van der Waals surface area contributed by atoms with Crippen LogP contribution in [0.25, 0.3) is 0 Å². The van der Waals surface area contributed by atoms with Crippen LogP contribution in [0.2, 0.25) is 0 Å². The van der Waals surface area contributed by atoms with E-state index in [1.165, 1.54) is 6.07 Å². The summed E-state index contributed by atoms with van der Waals surface area (Å²) in [7, 11) is 0. The summed E-state index contributed by atoms with van der Waals surface area (Å²) < 4.78 is 16.1. The van der Waals surface area contributed by atoms with Gasteiger partial charge >= 0.3 is 5.69 Å². The molecule has 0 aromatic heterocycles. The average Bonchev–Trinajstić information content (AvgIpc) is 2.46. The van der Waals surface area contributed by atoms with Gasteiger partial charge in [-0.2, -0.15) is 0 Å². The molecule has 0 saturated carbocycles. The van der Waals surface area contributed by atoms with Gasteiger partial charge in [-0.15, -0.1) is 0 Å². The van der Waals surface area contributed by atoms with Crippen molar-refractivity contribution < 1.29 is 19.1 Å². The predicted octanol–water partition coefficient (Wildman–Crippen LogP) is 1.82. The Morgan fingerprint density at radius 2 is 2.35 bits per heavy atom. The number of nitrogens with zero attached hydrogens (tertiary/aromatic N) is 1.